The number of carbonyl (C=O) groups excluding carboxylic acids is 3. The van der Waals surface area contributed by atoms with Crippen molar-refractivity contribution in [1.82, 2.24) is 10.6 Å². The Morgan fingerprint density at radius 3 is 2.32 bits per heavy atom. The van der Waals surface area contributed by atoms with Crippen molar-refractivity contribution < 1.29 is 23.9 Å². The van der Waals surface area contributed by atoms with Crippen molar-refractivity contribution in [3.05, 3.63) is 27.2 Å². The molecule has 0 saturated heterocycles. The largest absolute Gasteiger partial charge is 0.480 e. The van der Waals surface area contributed by atoms with E-state index in [0.717, 1.165) is 0 Å². The van der Waals surface area contributed by atoms with E-state index in [9.17, 15) is 14.4 Å². The van der Waals surface area contributed by atoms with Crippen molar-refractivity contribution >= 4 is 52.7 Å². The first-order chi connectivity index (χ1) is 11.7. The van der Waals surface area contributed by atoms with Crippen LogP contribution in [0.2, 0.25) is 15.1 Å². The Morgan fingerprint density at radius 1 is 1.04 bits per heavy atom. The number of hydrogen-bond acceptors (Lipinski definition) is 5. The third-order valence-corrected chi connectivity index (χ3v) is 3.63. The quantitative estimate of drug-likeness (QED) is 0.531. The summed E-state index contributed by atoms with van der Waals surface area (Å²) >= 11 is 17.5. The van der Waals surface area contributed by atoms with E-state index >= 15 is 0 Å². The number of rotatable bonds is 7. The van der Waals surface area contributed by atoms with Gasteiger partial charge in [-0.05, 0) is 12.0 Å². The van der Waals surface area contributed by atoms with Gasteiger partial charge in [-0.3, -0.25) is 10.1 Å². The fraction of sp³-hybridized carbons (Fsp3) is 0.400. The fourth-order valence-electron chi connectivity index (χ4n) is 1.44. The number of halogens is 3. The average Bonchev–Trinajstić information content (AvgIpc) is 2.53. The van der Waals surface area contributed by atoms with Crippen LogP contribution in [0.5, 0.6) is 5.75 Å². The summed E-state index contributed by atoms with van der Waals surface area (Å²) < 4.78 is 9.84. The molecular weight excluding hydrogens is 395 g/mol. The van der Waals surface area contributed by atoms with Gasteiger partial charge in [0.2, 0.25) is 0 Å². The Morgan fingerprint density at radius 2 is 1.68 bits per heavy atom. The van der Waals surface area contributed by atoms with E-state index in [4.69, 9.17) is 39.5 Å². The Bertz CT molecular complexity index is 652. The second kappa shape index (κ2) is 10.3. The van der Waals surface area contributed by atoms with Gasteiger partial charge in [0, 0.05) is 12.6 Å². The van der Waals surface area contributed by atoms with Gasteiger partial charge >= 0.3 is 12.0 Å². The Labute approximate surface area is 159 Å². The van der Waals surface area contributed by atoms with Crippen LogP contribution in [0, 0.1) is 5.92 Å². The molecule has 0 atom stereocenters. The highest BCUT2D eigenvalue weighted by Crippen LogP contribution is 2.33. The lowest BCUT2D eigenvalue weighted by molar-refractivity contribution is -0.150. The number of ether oxygens (including phenoxy) is 2. The van der Waals surface area contributed by atoms with E-state index < -0.39 is 31.1 Å². The minimum Gasteiger partial charge on any atom is -0.480 e. The summed E-state index contributed by atoms with van der Waals surface area (Å²) in [5.74, 6) is -1.20. The molecule has 1 aromatic rings. The zero-order valence-corrected chi connectivity index (χ0v) is 15.8. The maximum Gasteiger partial charge on any atom is 0.344 e. The molecule has 3 amide bonds. The highest BCUT2D eigenvalue weighted by atomic mass is 35.5. The van der Waals surface area contributed by atoms with Crippen LogP contribution in [0.1, 0.15) is 13.8 Å². The molecule has 0 spiro atoms. The van der Waals surface area contributed by atoms with Crippen molar-refractivity contribution in [3.8, 4) is 5.75 Å². The van der Waals surface area contributed by atoms with E-state index in [-0.39, 0.29) is 26.7 Å². The summed E-state index contributed by atoms with van der Waals surface area (Å²) in [4.78, 5) is 34.4. The molecule has 0 aromatic heterocycles. The number of urea groups is 1. The van der Waals surface area contributed by atoms with Gasteiger partial charge in [-0.2, -0.15) is 0 Å². The van der Waals surface area contributed by atoms with E-state index in [0.29, 0.717) is 6.54 Å². The van der Waals surface area contributed by atoms with Crippen molar-refractivity contribution in [2.75, 3.05) is 19.8 Å². The molecular formula is C15H17Cl3N2O5. The SMILES string of the molecule is CC(C)CNC(=O)NC(=O)COC(=O)COc1cc(Cl)c(Cl)cc1Cl. The fourth-order valence-corrected chi connectivity index (χ4v) is 2.03. The third-order valence-electron chi connectivity index (χ3n) is 2.61. The van der Waals surface area contributed by atoms with Crippen LogP contribution in [-0.2, 0) is 14.3 Å². The second-order valence-corrected chi connectivity index (χ2v) is 6.52. The Kier molecular flexibility index (Phi) is 8.82. The molecule has 138 valence electrons. The summed E-state index contributed by atoms with van der Waals surface area (Å²) in [6.45, 7) is 3.11. The molecule has 0 bridgehead atoms. The van der Waals surface area contributed by atoms with E-state index in [1.54, 1.807) is 0 Å². The summed E-state index contributed by atoms with van der Waals surface area (Å²) in [5.41, 5.74) is 0. The van der Waals surface area contributed by atoms with Crippen LogP contribution in [0.4, 0.5) is 4.79 Å². The maximum absolute atomic E-state index is 11.6. The summed E-state index contributed by atoms with van der Waals surface area (Å²) in [6.07, 6.45) is 0. The van der Waals surface area contributed by atoms with Gasteiger partial charge < -0.3 is 14.8 Å². The van der Waals surface area contributed by atoms with Crippen LogP contribution in [0.25, 0.3) is 0 Å². The standard InChI is InChI=1S/C15H17Cl3N2O5/c1-8(2)5-19-15(23)20-13(21)6-25-14(22)7-24-12-4-10(17)9(16)3-11(12)18/h3-4,8H,5-7H2,1-2H3,(H2,19,20,21,23). The van der Waals surface area contributed by atoms with Gasteiger partial charge in [0.05, 0.1) is 15.1 Å². The van der Waals surface area contributed by atoms with Gasteiger partial charge in [-0.25, -0.2) is 9.59 Å². The van der Waals surface area contributed by atoms with Crippen molar-refractivity contribution in [1.29, 1.82) is 0 Å². The van der Waals surface area contributed by atoms with Crippen LogP contribution in [-0.4, -0.2) is 37.7 Å². The molecule has 0 aliphatic rings. The van der Waals surface area contributed by atoms with Gasteiger partial charge in [-0.15, -0.1) is 0 Å². The molecule has 0 heterocycles. The van der Waals surface area contributed by atoms with Crippen molar-refractivity contribution in [2.24, 2.45) is 5.92 Å². The maximum atomic E-state index is 11.6. The van der Waals surface area contributed by atoms with Crippen molar-refractivity contribution in [3.63, 3.8) is 0 Å². The molecule has 0 saturated carbocycles. The number of nitrogens with one attached hydrogen (secondary N) is 2. The van der Waals surface area contributed by atoms with Crippen molar-refractivity contribution in [2.45, 2.75) is 13.8 Å². The highest BCUT2D eigenvalue weighted by molar-refractivity contribution is 6.43. The molecule has 0 aliphatic heterocycles. The molecule has 7 nitrogen and oxygen atoms in total. The molecule has 25 heavy (non-hydrogen) atoms. The molecule has 1 rings (SSSR count). The average molecular weight is 412 g/mol. The summed E-state index contributed by atoms with van der Waals surface area (Å²) in [7, 11) is 0. The molecule has 0 aliphatic carbocycles. The zero-order valence-electron chi connectivity index (χ0n) is 13.5. The molecule has 2 N–H and O–H groups in total. The van der Waals surface area contributed by atoms with E-state index in [1.165, 1.54) is 12.1 Å². The van der Waals surface area contributed by atoms with Gasteiger partial charge in [0.25, 0.3) is 5.91 Å². The van der Waals surface area contributed by atoms with Crippen LogP contribution < -0.4 is 15.4 Å². The number of esters is 1. The van der Waals surface area contributed by atoms with Crippen LogP contribution in [0.15, 0.2) is 12.1 Å². The number of amides is 3. The zero-order chi connectivity index (χ0) is 19.0. The minimum atomic E-state index is -0.820. The van der Waals surface area contributed by atoms with Crippen LogP contribution >= 0.6 is 34.8 Å². The first-order valence-electron chi connectivity index (χ1n) is 7.19. The lowest BCUT2D eigenvalue weighted by Gasteiger charge is -2.10. The first-order valence-corrected chi connectivity index (χ1v) is 8.33. The Hall–Kier alpha value is -1.70. The van der Waals surface area contributed by atoms with Gasteiger partial charge in [-0.1, -0.05) is 48.7 Å². The Balaban J connectivity index is 2.34. The second-order valence-electron chi connectivity index (χ2n) is 5.30. The molecule has 0 unspecified atom stereocenters. The molecule has 0 radical (unpaired) electrons. The lowest BCUT2D eigenvalue weighted by atomic mass is 10.2. The predicted octanol–water partition coefficient (Wildman–Crippen LogP) is 3.05. The normalized spacial score (nSPS) is 10.3. The summed E-state index contributed by atoms with van der Waals surface area (Å²) in [5, 5.41) is 5.14. The van der Waals surface area contributed by atoms with Crippen LogP contribution in [0.3, 0.4) is 0 Å². The first kappa shape index (κ1) is 21.3. The van der Waals surface area contributed by atoms with Gasteiger partial charge in [0.1, 0.15) is 5.75 Å². The van der Waals surface area contributed by atoms with Gasteiger partial charge in [0.15, 0.2) is 13.2 Å². The van der Waals surface area contributed by atoms with E-state index in [1.807, 2.05) is 19.2 Å². The molecule has 10 heteroatoms. The van der Waals surface area contributed by atoms with E-state index in [2.05, 4.69) is 10.1 Å². The lowest BCUT2D eigenvalue weighted by Crippen LogP contribution is -2.42. The smallest absolute Gasteiger partial charge is 0.344 e. The number of benzene rings is 1. The minimum absolute atomic E-state index is 0.144. The number of carbonyl (C=O) groups is 3. The topological polar surface area (TPSA) is 93.7 Å². The molecule has 1 aromatic carbocycles. The predicted molar refractivity (Wildman–Crippen MR) is 94.3 cm³/mol. The number of imide groups is 1. The number of hydrogen-bond donors (Lipinski definition) is 2. The highest BCUT2D eigenvalue weighted by Gasteiger charge is 2.13. The molecule has 0 fully saturated rings. The summed E-state index contributed by atoms with van der Waals surface area (Å²) in [6, 6.07) is 2.06. The third kappa shape index (κ3) is 8.29. The monoisotopic (exact) mass is 410 g/mol.